The second kappa shape index (κ2) is 9.57. The molecule has 1 aliphatic rings. The molecule has 0 bridgehead atoms. The van der Waals surface area contributed by atoms with Crippen LogP contribution in [0.2, 0.25) is 0 Å². The van der Waals surface area contributed by atoms with Crippen molar-refractivity contribution in [1.29, 1.82) is 0 Å². The summed E-state index contributed by atoms with van der Waals surface area (Å²) in [4.78, 5) is 31.9. The first-order valence-corrected chi connectivity index (χ1v) is 10.1. The van der Waals surface area contributed by atoms with Gasteiger partial charge in [-0.3, -0.25) is 14.8 Å². The third-order valence-corrected chi connectivity index (χ3v) is 5.12. The summed E-state index contributed by atoms with van der Waals surface area (Å²) in [5.41, 5.74) is 3.44. The van der Waals surface area contributed by atoms with Crippen molar-refractivity contribution in [1.82, 2.24) is 4.98 Å². The summed E-state index contributed by atoms with van der Waals surface area (Å²) in [6, 6.07) is 6.26. The average molecular weight is 464 g/mol. The van der Waals surface area contributed by atoms with Crippen LogP contribution in [-0.2, 0) is 15.0 Å². The first-order chi connectivity index (χ1) is 15.6. The topological polar surface area (TPSA) is 116 Å². The molecule has 0 radical (unpaired) electrons. The van der Waals surface area contributed by atoms with Gasteiger partial charge in [-0.1, -0.05) is 0 Å². The van der Waals surface area contributed by atoms with E-state index in [1.807, 2.05) is 0 Å². The molecule has 2 aromatic rings. The summed E-state index contributed by atoms with van der Waals surface area (Å²) in [6.45, 7) is 1.44. The van der Waals surface area contributed by atoms with Crippen LogP contribution >= 0.6 is 0 Å². The summed E-state index contributed by atoms with van der Waals surface area (Å²) in [7, 11) is 0. The summed E-state index contributed by atoms with van der Waals surface area (Å²) in [5.74, 6) is -5.60. The highest BCUT2D eigenvalue weighted by Crippen LogP contribution is 2.44. The van der Waals surface area contributed by atoms with Gasteiger partial charge in [-0.2, -0.15) is 0 Å². The van der Waals surface area contributed by atoms with E-state index in [4.69, 9.17) is 15.2 Å². The molecular weight excluding hydrogens is 441 g/mol. The number of pyridine rings is 1. The van der Waals surface area contributed by atoms with Crippen LogP contribution in [-0.4, -0.2) is 54.9 Å². The van der Waals surface area contributed by atoms with E-state index in [-0.39, 0.29) is 42.5 Å². The molecule has 0 saturated heterocycles. The van der Waals surface area contributed by atoms with E-state index in [0.717, 1.165) is 19.1 Å². The fraction of sp³-hybridized carbons (Fsp3) is 0.364. The van der Waals surface area contributed by atoms with Crippen LogP contribution in [0.3, 0.4) is 0 Å². The number of Topliss-reactive ketones (excluding diaryl/α,β-unsaturated/α-hetero) is 1. The molecule has 11 heteroatoms. The Hall–Kier alpha value is -3.47. The number of anilines is 1. The predicted molar refractivity (Wildman–Crippen MR) is 114 cm³/mol. The quantitative estimate of drug-likeness (QED) is 0.478. The minimum atomic E-state index is -3.53. The van der Waals surface area contributed by atoms with Crippen molar-refractivity contribution in [3.63, 3.8) is 0 Å². The van der Waals surface area contributed by atoms with Crippen LogP contribution in [0.5, 0.6) is 0 Å². The van der Waals surface area contributed by atoms with Gasteiger partial charge in [0.25, 0.3) is 5.92 Å². The van der Waals surface area contributed by atoms with E-state index in [0.29, 0.717) is 0 Å². The number of aromatic nitrogens is 1. The number of hydrogen-bond acceptors (Lipinski definition) is 8. The second-order valence-electron chi connectivity index (χ2n) is 7.50. The average Bonchev–Trinajstić information content (AvgIpc) is 2.88. The molecule has 2 heterocycles. The lowest BCUT2D eigenvalue weighted by atomic mass is 9.85. The number of rotatable bonds is 7. The number of carbonyl (C=O) groups excluding carboxylic acids is 2. The molecule has 1 aromatic carbocycles. The van der Waals surface area contributed by atoms with Gasteiger partial charge in [0.2, 0.25) is 0 Å². The third-order valence-electron chi connectivity index (χ3n) is 5.12. The molecule has 8 nitrogen and oxygen atoms in total. The highest BCUT2D eigenvalue weighted by molar-refractivity contribution is 5.98. The van der Waals surface area contributed by atoms with E-state index in [1.165, 1.54) is 24.4 Å². The summed E-state index contributed by atoms with van der Waals surface area (Å²) in [5, 5.41) is 2.78. The number of aliphatic imine (C=N–C) groups is 1. The standard InChI is InChI=1S/C22H23F3N4O4/c1-3-33-20(31)13-4-7-17(28-9-13)18(30)10-27-14-5-6-16(23)15(8-14)21(2)22(24,25)12-32-11-19(26)29-21/h4-9,27H,3,10-12H2,1-2H3,(H2,26,29). The number of ketones is 1. The molecule has 176 valence electrons. The Morgan fingerprint density at radius 2 is 2.03 bits per heavy atom. The van der Waals surface area contributed by atoms with E-state index in [2.05, 4.69) is 15.3 Å². The maximum atomic E-state index is 14.8. The van der Waals surface area contributed by atoms with Crippen molar-refractivity contribution in [2.75, 3.05) is 31.7 Å². The van der Waals surface area contributed by atoms with E-state index in [9.17, 15) is 22.8 Å². The Labute approximate surface area is 188 Å². The van der Waals surface area contributed by atoms with Gasteiger partial charge >= 0.3 is 5.97 Å². The minimum Gasteiger partial charge on any atom is -0.462 e. The highest BCUT2D eigenvalue weighted by Gasteiger charge is 2.54. The van der Waals surface area contributed by atoms with Gasteiger partial charge in [-0.25, -0.2) is 18.0 Å². The Morgan fingerprint density at radius 3 is 2.70 bits per heavy atom. The molecule has 33 heavy (non-hydrogen) atoms. The van der Waals surface area contributed by atoms with Gasteiger partial charge in [0.15, 0.2) is 11.3 Å². The van der Waals surface area contributed by atoms with Crippen LogP contribution in [0, 0.1) is 5.82 Å². The number of nitrogens with two attached hydrogens (primary N) is 1. The number of benzene rings is 1. The zero-order chi connectivity index (χ0) is 24.2. The molecule has 1 unspecified atom stereocenters. The van der Waals surface area contributed by atoms with Crippen LogP contribution in [0.1, 0.15) is 40.3 Å². The van der Waals surface area contributed by atoms with Crippen LogP contribution in [0.25, 0.3) is 0 Å². The van der Waals surface area contributed by atoms with Gasteiger partial charge in [-0.05, 0) is 44.2 Å². The van der Waals surface area contributed by atoms with Gasteiger partial charge < -0.3 is 20.5 Å². The largest absolute Gasteiger partial charge is 0.462 e. The molecule has 0 spiro atoms. The smallest absolute Gasteiger partial charge is 0.339 e. The molecule has 3 N–H and O–H groups in total. The Balaban J connectivity index is 1.78. The van der Waals surface area contributed by atoms with Crippen molar-refractivity contribution in [2.24, 2.45) is 10.7 Å². The van der Waals surface area contributed by atoms with Gasteiger partial charge in [0.1, 0.15) is 30.6 Å². The molecule has 1 aliphatic heterocycles. The zero-order valence-corrected chi connectivity index (χ0v) is 18.0. The molecule has 0 amide bonds. The number of amidine groups is 1. The van der Waals surface area contributed by atoms with Crippen molar-refractivity contribution in [3.8, 4) is 0 Å². The van der Waals surface area contributed by atoms with Crippen molar-refractivity contribution in [2.45, 2.75) is 25.3 Å². The summed E-state index contributed by atoms with van der Waals surface area (Å²) >= 11 is 0. The lowest BCUT2D eigenvalue weighted by molar-refractivity contribution is -0.116. The van der Waals surface area contributed by atoms with E-state index < -0.39 is 41.2 Å². The number of nitrogens with zero attached hydrogens (tertiary/aromatic N) is 2. The van der Waals surface area contributed by atoms with Crippen molar-refractivity contribution in [3.05, 3.63) is 59.2 Å². The van der Waals surface area contributed by atoms with Crippen molar-refractivity contribution < 1.29 is 32.2 Å². The predicted octanol–water partition coefficient (Wildman–Crippen LogP) is 2.93. The molecule has 0 saturated carbocycles. The number of esters is 1. The van der Waals surface area contributed by atoms with E-state index >= 15 is 0 Å². The maximum Gasteiger partial charge on any atom is 0.339 e. The fourth-order valence-electron chi connectivity index (χ4n) is 3.26. The summed E-state index contributed by atoms with van der Waals surface area (Å²) in [6.07, 6.45) is 1.22. The molecular formula is C22H23F3N4O4. The molecule has 0 fully saturated rings. The first-order valence-electron chi connectivity index (χ1n) is 10.1. The Morgan fingerprint density at radius 1 is 1.27 bits per heavy atom. The van der Waals surface area contributed by atoms with Crippen LogP contribution in [0.4, 0.5) is 18.9 Å². The van der Waals surface area contributed by atoms with E-state index in [1.54, 1.807) is 6.92 Å². The molecule has 3 rings (SSSR count). The van der Waals surface area contributed by atoms with Gasteiger partial charge in [0.05, 0.1) is 18.7 Å². The second-order valence-corrected chi connectivity index (χ2v) is 7.50. The summed E-state index contributed by atoms with van der Waals surface area (Å²) < 4.78 is 53.9. The number of ether oxygens (including phenoxy) is 2. The highest BCUT2D eigenvalue weighted by atomic mass is 19.3. The number of alkyl halides is 2. The number of halogens is 3. The Kier molecular flexibility index (Phi) is 7.01. The number of carbonyl (C=O) groups is 2. The zero-order valence-electron chi connectivity index (χ0n) is 18.0. The third kappa shape index (κ3) is 5.14. The lowest BCUT2D eigenvalue weighted by Gasteiger charge is -2.33. The minimum absolute atomic E-state index is 0.0784. The monoisotopic (exact) mass is 464 g/mol. The first kappa shape index (κ1) is 24.2. The van der Waals surface area contributed by atoms with Gasteiger partial charge in [0, 0.05) is 17.4 Å². The molecule has 1 atom stereocenters. The molecule has 1 aromatic heterocycles. The van der Waals surface area contributed by atoms with Gasteiger partial charge in [-0.15, -0.1) is 0 Å². The molecule has 0 aliphatic carbocycles. The van der Waals surface area contributed by atoms with Crippen molar-refractivity contribution >= 4 is 23.3 Å². The SMILES string of the molecule is CCOC(=O)c1ccc(C(=O)CNc2ccc(F)c(C3(C)N=C(N)COCC3(F)F)c2)nc1. The number of nitrogens with one attached hydrogen (secondary N) is 1. The number of hydrogen-bond donors (Lipinski definition) is 2. The Bertz CT molecular complexity index is 1080. The normalized spacial score (nSPS) is 19.8. The lowest BCUT2D eigenvalue weighted by Crippen LogP contribution is -2.45. The fourth-order valence-corrected chi connectivity index (χ4v) is 3.26. The maximum absolute atomic E-state index is 14.8. The van der Waals surface area contributed by atoms with Crippen LogP contribution < -0.4 is 11.1 Å². The van der Waals surface area contributed by atoms with Crippen LogP contribution in [0.15, 0.2) is 41.5 Å².